The maximum Gasteiger partial charge on any atom is 0.489 e. The molecular weight excluding hydrogens is 331 g/mol. The normalized spacial score (nSPS) is 10.9. The predicted octanol–water partition coefficient (Wildman–Crippen LogP) is 2.11. The van der Waals surface area contributed by atoms with Crippen LogP contribution in [0.1, 0.15) is 0 Å². The summed E-state index contributed by atoms with van der Waals surface area (Å²) in [5, 5.41) is 20.8. The Morgan fingerprint density at radius 3 is 2.43 bits per heavy atom. The third-order valence-electron chi connectivity index (χ3n) is 1.92. The first-order chi connectivity index (χ1) is 6.59. The average molecular weight is 336 g/mol. The van der Waals surface area contributed by atoms with Gasteiger partial charge in [0.25, 0.3) is 0 Å². The van der Waals surface area contributed by atoms with Crippen LogP contribution in [0.25, 0.3) is 10.1 Å². The molecule has 0 amide bonds. The van der Waals surface area contributed by atoms with E-state index in [-0.39, 0.29) is 0 Å². The molecule has 0 aliphatic carbocycles. The molecule has 0 unspecified atom stereocenters. The summed E-state index contributed by atoms with van der Waals surface area (Å²) in [6.45, 7) is 0. The second-order valence-electron chi connectivity index (χ2n) is 2.83. The van der Waals surface area contributed by atoms with Gasteiger partial charge in [-0.3, -0.25) is 0 Å². The van der Waals surface area contributed by atoms with Gasteiger partial charge in [-0.05, 0) is 54.8 Å². The summed E-state index contributed by atoms with van der Waals surface area (Å²) in [5.41, 5.74) is 0.554. The molecule has 14 heavy (non-hydrogen) atoms. The molecule has 0 atom stereocenters. The Kier molecular flexibility index (Phi) is 2.99. The highest BCUT2D eigenvalue weighted by Gasteiger charge is 2.17. The minimum Gasteiger partial charge on any atom is -0.423 e. The van der Waals surface area contributed by atoms with Gasteiger partial charge in [0.15, 0.2) is 0 Å². The van der Waals surface area contributed by atoms with E-state index in [9.17, 15) is 0 Å². The quantitative estimate of drug-likeness (QED) is 0.784. The van der Waals surface area contributed by atoms with Crippen LogP contribution in [0.5, 0.6) is 0 Å². The second kappa shape index (κ2) is 3.94. The summed E-state index contributed by atoms with van der Waals surface area (Å²) >= 11 is 8.27. The highest BCUT2D eigenvalue weighted by Crippen LogP contribution is 2.30. The van der Waals surface area contributed by atoms with Crippen LogP contribution in [0.4, 0.5) is 0 Å². The van der Waals surface area contributed by atoms with Gasteiger partial charge in [0.2, 0.25) is 0 Å². The molecule has 2 rings (SSSR count). The molecule has 0 aliphatic rings. The van der Waals surface area contributed by atoms with E-state index >= 15 is 0 Å². The standard InChI is InChI=1S/C8H5BBr2O2S/c10-6-1-4-5(9(12)13)3-14-8(4)2-7(6)11/h1-3,12-13H. The Morgan fingerprint density at radius 1 is 1.14 bits per heavy atom. The van der Waals surface area contributed by atoms with Crippen molar-refractivity contribution in [3.63, 3.8) is 0 Å². The lowest BCUT2D eigenvalue weighted by molar-refractivity contribution is 0.426. The molecule has 1 aromatic heterocycles. The Hall–Kier alpha value is 0.125. The SMILES string of the molecule is OB(O)c1csc2cc(Br)c(Br)cc12. The second-order valence-corrected chi connectivity index (χ2v) is 5.45. The van der Waals surface area contributed by atoms with Crippen molar-refractivity contribution in [2.24, 2.45) is 0 Å². The zero-order valence-corrected chi connectivity index (χ0v) is 10.9. The van der Waals surface area contributed by atoms with Crippen molar-refractivity contribution in [1.82, 2.24) is 0 Å². The van der Waals surface area contributed by atoms with Gasteiger partial charge in [0.1, 0.15) is 0 Å². The van der Waals surface area contributed by atoms with Crippen molar-refractivity contribution in [2.75, 3.05) is 0 Å². The Bertz CT molecular complexity index is 483. The van der Waals surface area contributed by atoms with Crippen LogP contribution < -0.4 is 5.46 Å². The molecular formula is C8H5BBr2O2S. The summed E-state index contributed by atoms with van der Waals surface area (Å²) in [6, 6.07) is 3.83. The number of benzene rings is 1. The number of thiophene rings is 1. The van der Waals surface area contributed by atoms with Crippen LogP contribution in [0.15, 0.2) is 26.5 Å². The molecule has 6 heteroatoms. The van der Waals surface area contributed by atoms with Crippen molar-refractivity contribution in [1.29, 1.82) is 0 Å². The van der Waals surface area contributed by atoms with E-state index in [0.717, 1.165) is 19.0 Å². The van der Waals surface area contributed by atoms with Gasteiger partial charge in [0, 0.05) is 19.1 Å². The Morgan fingerprint density at radius 2 is 1.79 bits per heavy atom. The maximum atomic E-state index is 9.11. The third-order valence-corrected chi connectivity index (χ3v) is 4.73. The molecule has 2 nitrogen and oxygen atoms in total. The van der Waals surface area contributed by atoms with E-state index in [1.165, 1.54) is 11.3 Å². The van der Waals surface area contributed by atoms with Crippen molar-refractivity contribution < 1.29 is 10.0 Å². The van der Waals surface area contributed by atoms with E-state index in [1.807, 2.05) is 12.1 Å². The van der Waals surface area contributed by atoms with E-state index in [1.54, 1.807) is 5.38 Å². The molecule has 1 aromatic carbocycles. The Labute approximate surface area is 102 Å². The molecule has 72 valence electrons. The molecule has 2 aromatic rings. The summed E-state index contributed by atoms with van der Waals surface area (Å²) in [4.78, 5) is 0. The molecule has 0 saturated carbocycles. The number of hydrogen-bond acceptors (Lipinski definition) is 3. The van der Waals surface area contributed by atoms with Crippen LogP contribution in [0, 0.1) is 0 Å². The summed E-state index contributed by atoms with van der Waals surface area (Å²) in [6.07, 6.45) is 0. The summed E-state index contributed by atoms with van der Waals surface area (Å²) < 4.78 is 2.90. The van der Waals surface area contributed by atoms with Crippen molar-refractivity contribution in [3.8, 4) is 0 Å². The highest BCUT2D eigenvalue weighted by atomic mass is 79.9. The predicted molar refractivity (Wildman–Crippen MR) is 67.1 cm³/mol. The molecule has 1 heterocycles. The van der Waals surface area contributed by atoms with Crippen LogP contribution >= 0.6 is 43.2 Å². The minimum atomic E-state index is -1.41. The minimum absolute atomic E-state index is 0.554. The van der Waals surface area contributed by atoms with Crippen molar-refractivity contribution in [3.05, 3.63) is 26.5 Å². The fourth-order valence-corrected chi connectivity index (χ4v) is 3.07. The lowest BCUT2D eigenvalue weighted by atomic mass is 9.80. The first kappa shape index (κ1) is 10.6. The summed E-state index contributed by atoms with van der Waals surface area (Å²) in [5.74, 6) is 0. The van der Waals surface area contributed by atoms with E-state index in [4.69, 9.17) is 10.0 Å². The fraction of sp³-hybridized carbons (Fsp3) is 0. The van der Waals surface area contributed by atoms with Gasteiger partial charge in [0.05, 0.1) is 0 Å². The zero-order valence-electron chi connectivity index (χ0n) is 6.87. The first-order valence-electron chi connectivity index (χ1n) is 3.82. The smallest absolute Gasteiger partial charge is 0.423 e. The third kappa shape index (κ3) is 1.77. The fourth-order valence-electron chi connectivity index (χ4n) is 1.24. The molecule has 0 aliphatic heterocycles. The largest absolute Gasteiger partial charge is 0.489 e. The van der Waals surface area contributed by atoms with Crippen LogP contribution in [-0.4, -0.2) is 17.2 Å². The molecule has 2 N–H and O–H groups in total. The molecule has 0 saturated heterocycles. The topological polar surface area (TPSA) is 40.5 Å². The van der Waals surface area contributed by atoms with Gasteiger partial charge < -0.3 is 10.0 Å². The lowest BCUT2D eigenvalue weighted by Gasteiger charge is -1.99. The van der Waals surface area contributed by atoms with Gasteiger partial charge >= 0.3 is 7.12 Å². The molecule has 0 spiro atoms. The van der Waals surface area contributed by atoms with E-state index in [0.29, 0.717) is 5.46 Å². The van der Waals surface area contributed by atoms with Gasteiger partial charge in [-0.1, -0.05) is 0 Å². The van der Waals surface area contributed by atoms with Crippen LogP contribution in [0.3, 0.4) is 0 Å². The van der Waals surface area contributed by atoms with Gasteiger partial charge in [-0.25, -0.2) is 0 Å². The molecule has 0 fully saturated rings. The summed E-state index contributed by atoms with van der Waals surface area (Å²) in [7, 11) is -1.41. The number of rotatable bonds is 1. The van der Waals surface area contributed by atoms with Crippen LogP contribution in [-0.2, 0) is 0 Å². The molecule has 0 bridgehead atoms. The van der Waals surface area contributed by atoms with Crippen molar-refractivity contribution >= 4 is 65.9 Å². The number of halogens is 2. The van der Waals surface area contributed by atoms with Crippen molar-refractivity contribution in [2.45, 2.75) is 0 Å². The zero-order chi connectivity index (χ0) is 10.3. The number of hydrogen-bond donors (Lipinski definition) is 2. The van der Waals surface area contributed by atoms with Crippen LogP contribution in [0.2, 0.25) is 0 Å². The Balaban J connectivity index is 2.74. The monoisotopic (exact) mass is 334 g/mol. The van der Waals surface area contributed by atoms with Gasteiger partial charge in [-0.15, -0.1) is 11.3 Å². The van der Waals surface area contributed by atoms with E-state index in [2.05, 4.69) is 31.9 Å². The first-order valence-corrected chi connectivity index (χ1v) is 6.28. The number of fused-ring (bicyclic) bond motifs is 1. The van der Waals surface area contributed by atoms with E-state index < -0.39 is 7.12 Å². The lowest BCUT2D eigenvalue weighted by Crippen LogP contribution is -2.28. The highest BCUT2D eigenvalue weighted by molar-refractivity contribution is 9.13. The average Bonchev–Trinajstić information content (AvgIpc) is 2.48. The molecule has 0 radical (unpaired) electrons. The van der Waals surface area contributed by atoms with Gasteiger partial charge in [-0.2, -0.15) is 0 Å². The maximum absolute atomic E-state index is 9.11.